The van der Waals surface area contributed by atoms with Crippen LogP contribution >= 0.6 is 11.3 Å². The van der Waals surface area contributed by atoms with Gasteiger partial charge in [-0.15, -0.1) is 11.3 Å². The number of fused-ring (bicyclic) bond motifs is 2. The van der Waals surface area contributed by atoms with Gasteiger partial charge in [-0.3, -0.25) is 19.5 Å². The molecule has 1 aliphatic carbocycles. The van der Waals surface area contributed by atoms with Gasteiger partial charge >= 0.3 is 6.18 Å². The number of nitrogen functional groups attached to an aromatic ring is 1. The third kappa shape index (κ3) is 2.92. The van der Waals surface area contributed by atoms with Crippen LogP contribution in [0.25, 0.3) is 21.3 Å². The summed E-state index contributed by atoms with van der Waals surface area (Å²) in [6.45, 7) is 5.40. The summed E-state index contributed by atoms with van der Waals surface area (Å²) in [5.41, 5.74) is 6.33. The number of rotatable bonds is 3. The van der Waals surface area contributed by atoms with Crippen LogP contribution in [0.15, 0.2) is 24.4 Å². The summed E-state index contributed by atoms with van der Waals surface area (Å²) in [6.07, 6.45) is -3.11. The minimum Gasteiger partial charge on any atom is -0.397 e. The second kappa shape index (κ2) is 6.50. The first-order valence-electron chi connectivity index (χ1n) is 9.98. The molecule has 6 nitrogen and oxygen atoms in total. The van der Waals surface area contributed by atoms with Gasteiger partial charge in [0, 0.05) is 22.2 Å². The normalized spacial score (nSPS) is 22.0. The molecule has 1 saturated heterocycles. The number of amides is 2. The zero-order chi connectivity index (χ0) is 23.2. The van der Waals surface area contributed by atoms with Crippen LogP contribution in [0.2, 0.25) is 0 Å². The lowest BCUT2D eigenvalue weighted by atomic mass is 10.0. The van der Waals surface area contributed by atoms with Crippen LogP contribution in [0.3, 0.4) is 0 Å². The third-order valence-electron chi connectivity index (χ3n) is 6.50. The van der Waals surface area contributed by atoms with Crippen molar-refractivity contribution in [3.8, 4) is 11.1 Å². The van der Waals surface area contributed by atoms with E-state index in [-0.39, 0.29) is 52.6 Å². The van der Waals surface area contributed by atoms with Crippen LogP contribution in [-0.2, 0) is 22.3 Å². The maximum atomic E-state index is 13.3. The SMILES string of the molecule is Cc1nc(C(F)(F)F)cc(-c2ccnc3cc(CN4C(=O)C5C(C4=O)C5(C)C)sc23)c1N. The Morgan fingerprint density at radius 1 is 1.16 bits per heavy atom. The number of carbonyl (C=O) groups excluding carboxylic acids is 2. The number of aromatic nitrogens is 2. The monoisotopic (exact) mass is 460 g/mol. The predicted octanol–water partition coefficient (Wildman–Crippen LogP) is 4.41. The van der Waals surface area contributed by atoms with Gasteiger partial charge in [0.1, 0.15) is 5.69 Å². The molecule has 0 bridgehead atoms. The molecule has 2 aliphatic rings. The lowest BCUT2D eigenvalue weighted by Gasteiger charge is -2.19. The summed E-state index contributed by atoms with van der Waals surface area (Å²) in [5, 5.41) is 0. The second-order valence-electron chi connectivity index (χ2n) is 8.88. The summed E-state index contributed by atoms with van der Waals surface area (Å²) >= 11 is 1.29. The Morgan fingerprint density at radius 2 is 1.81 bits per heavy atom. The van der Waals surface area contributed by atoms with Crippen LogP contribution < -0.4 is 5.73 Å². The van der Waals surface area contributed by atoms with E-state index >= 15 is 0 Å². The molecule has 2 fully saturated rings. The third-order valence-corrected chi connectivity index (χ3v) is 7.64. The number of nitrogens with zero attached hydrogens (tertiary/aromatic N) is 3. The van der Waals surface area contributed by atoms with Crippen molar-refractivity contribution in [3.63, 3.8) is 0 Å². The molecule has 2 unspecified atom stereocenters. The molecule has 166 valence electrons. The van der Waals surface area contributed by atoms with Crippen molar-refractivity contribution in [2.75, 3.05) is 5.73 Å². The number of likely N-dealkylation sites (tertiary alicyclic amines) is 1. The molecular formula is C22H19F3N4O2S. The average molecular weight is 460 g/mol. The number of anilines is 1. The quantitative estimate of drug-likeness (QED) is 0.585. The molecule has 1 saturated carbocycles. The van der Waals surface area contributed by atoms with Crippen molar-refractivity contribution in [2.24, 2.45) is 17.3 Å². The van der Waals surface area contributed by atoms with Gasteiger partial charge in [-0.25, -0.2) is 4.98 Å². The predicted molar refractivity (Wildman–Crippen MR) is 113 cm³/mol. The molecule has 32 heavy (non-hydrogen) atoms. The van der Waals surface area contributed by atoms with Crippen molar-refractivity contribution in [3.05, 3.63) is 40.7 Å². The van der Waals surface area contributed by atoms with E-state index in [9.17, 15) is 22.8 Å². The number of pyridine rings is 2. The topological polar surface area (TPSA) is 89.2 Å². The molecule has 0 aromatic carbocycles. The number of piperidine rings is 1. The van der Waals surface area contributed by atoms with Gasteiger partial charge < -0.3 is 5.73 Å². The van der Waals surface area contributed by atoms with Crippen molar-refractivity contribution in [1.82, 2.24) is 14.9 Å². The van der Waals surface area contributed by atoms with Gasteiger partial charge in [0.05, 0.1) is 40.0 Å². The van der Waals surface area contributed by atoms with E-state index in [0.29, 0.717) is 15.8 Å². The molecule has 4 heterocycles. The Morgan fingerprint density at radius 3 is 2.44 bits per heavy atom. The highest BCUT2D eigenvalue weighted by Crippen LogP contribution is 2.63. The van der Waals surface area contributed by atoms with Gasteiger partial charge in [0.15, 0.2) is 0 Å². The largest absolute Gasteiger partial charge is 0.433 e. The van der Waals surface area contributed by atoms with Crippen LogP contribution in [-0.4, -0.2) is 26.7 Å². The number of imide groups is 1. The molecule has 10 heteroatoms. The number of carbonyl (C=O) groups is 2. The van der Waals surface area contributed by atoms with Gasteiger partial charge in [-0.1, -0.05) is 13.8 Å². The first-order chi connectivity index (χ1) is 14.9. The highest BCUT2D eigenvalue weighted by atomic mass is 32.1. The Kier molecular flexibility index (Phi) is 4.24. The van der Waals surface area contributed by atoms with Gasteiger partial charge in [0.25, 0.3) is 0 Å². The summed E-state index contributed by atoms with van der Waals surface area (Å²) in [6, 6.07) is 4.31. The second-order valence-corrected chi connectivity index (χ2v) is 10.0. The van der Waals surface area contributed by atoms with Crippen molar-refractivity contribution in [2.45, 2.75) is 33.5 Å². The maximum absolute atomic E-state index is 13.3. The molecule has 0 radical (unpaired) electrons. The molecule has 2 amide bonds. The summed E-state index contributed by atoms with van der Waals surface area (Å²) < 4.78 is 40.6. The number of hydrogen-bond acceptors (Lipinski definition) is 6. The highest BCUT2D eigenvalue weighted by Gasteiger charge is 2.72. The summed E-state index contributed by atoms with van der Waals surface area (Å²) in [4.78, 5) is 35.2. The van der Waals surface area contributed by atoms with E-state index in [4.69, 9.17) is 5.73 Å². The first-order valence-corrected chi connectivity index (χ1v) is 10.8. The molecule has 2 atom stereocenters. The van der Waals surface area contributed by atoms with Crippen molar-refractivity contribution in [1.29, 1.82) is 0 Å². The molecule has 1 aliphatic heterocycles. The highest BCUT2D eigenvalue weighted by molar-refractivity contribution is 7.19. The van der Waals surface area contributed by atoms with Crippen LogP contribution in [0.1, 0.15) is 30.1 Å². The number of nitrogens with two attached hydrogens (primary N) is 1. The summed E-state index contributed by atoms with van der Waals surface area (Å²) in [7, 11) is 0. The van der Waals surface area contributed by atoms with Gasteiger partial charge in [-0.2, -0.15) is 13.2 Å². The fourth-order valence-corrected chi connectivity index (χ4v) is 5.77. The van der Waals surface area contributed by atoms with E-state index in [2.05, 4.69) is 9.97 Å². The molecule has 2 N–H and O–H groups in total. The smallest absolute Gasteiger partial charge is 0.397 e. The molecular weight excluding hydrogens is 441 g/mol. The van der Waals surface area contributed by atoms with Gasteiger partial charge in [-0.05, 0) is 30.5 Å². The standard InChI is InChI=1S/C22H19F3N4O2S/c1-9-17(26)12(7-14(28-9)22(23,24)25)11-4-5-27-13-6-10(32-18(11)13)8-29-19(30)15-16(20(29)31)21(15,2)3/h4-7,15-16H,8,26H2,1-3H3. The number of halogens is 3. The van der Waals surface area contributed by atoms with E-state index < -0.39 is 11.9 Å². The van der Waals surface area contributed by atoms with Gasteiger partial charge in [0.2, 0.25) is 11.8 Å². The lowest BCUT2D eigenvalue weighted by molar-refractivity contribution is -0.144. The minimum atomic E-state index is -4.61. The van der Waals surface area contributed by atoms with E-state index in [0.717, 1.165) is 10.9 Å². The van der Waals surface area contributed by atoms with Crippen molar-refractivity contribution >= 4 is 39.1 Å². The number of thiophene rings is 1. The fourth-order valence-electron chi connectivity index (χ4n) is 4.64. The Bertz CT molecular complexity index is 1290. The van der Waals surface area contributed by atoms with Crippen molar-refractivity contribution < 1.29 is 22.8 Å². The van der Waals surface area contributed by atoms with E-state index in [1.54, 1.807) is 12.1 Å². The van der Waals surface area contributed by atoms with E-state index in [1.807, 2.05) is 13.8 Å². The fraction of sp³-hybridized carbons (Fsp3) is 0.364. The average Bonchev–Trinajstić information content (AvgIpc) is 2.96. The molecule has 0 spiro atoms. The lowest BCUT2D eigenvalue weighted by Crippen LogP contribution is -2.35. The number of hydrogen-bond donors (Lipinski definition) is 1. The Hall–Kier alpha value is -3.01. The molecule has 5 rings (SSSR count). The molecule has 3 aromatic rings. The Labute approximate surface area is 185 Å². The Balaban J connectivity index is 1.54. The minimum absolute atomic E-state index is 0.0895. The zero-order valence-electron chi connectivity index (χ0n) is 17.4. The number of alkyl halides is 3. The van der Waals surface area contributed by atoms with Crippen LogP contribution in [0, 0.1) is 24.2 Å². The molecule has 3 aromatic heterocycles. The van der Waals surface area contributed by atoms with Crippen LogP contribution in [0.4, 0.5) is 18.9 Å². The number of aryl methyl sites for hydroxylation is 1. The maximum Gasteiger partial charge on any atom is 0.433 e. The van der Waals surface area contributed by atoms with E-state index in [1.165, 1.54) is 29.4 Å². The first kappa shape index (κ1) is 20.9. The summed E-state index contributed by atoms with van der Waals surface area (Å²) in [5.74, 6) is -0.865. The zero-order valence-corrected chi connectivity index (χ0v) is 18.3. The van der Waals surface area contributed by atoms with Crippen LogP contribution in [0.5, 0.6) is 0 Å².